The molecule has 13 heavy (non-hydrogen) atoms. The van der Waals surface area contributed by atoms with Crippen LogP contribution in [-0.4, -0.2) is 6.54 Å². The van der Waals surface area contributed by atoms with Crippen LogP contribution in [0.25, 0.3) is 0 Å². The monoisotopic (exact) mass is 184 g/mol. The Bertz CT molecular complexity index is 310. The molecule has 0 fully saturated rings. The summed E-state index contributed by atoms with van der Waals surface area (Å²) in [5.74, 6) is -1.71. The summed E-state index contributed by atoms with van der Waals surface area (Å²) in [5.41, 5.74) is 5.62. The lowest BCUT2D eigenvalue weighted by Crippen LogP contribution is -1.99. The molecule has 0 aliphatic rings. The lowest BCUT2D eigenvalue weighted by molar-refractivity contribution is 0.509. The van der Waals surface area contributed by atoms with Crippen LogP contribution in [0, 0.1) is 11.6 Å². The van der Waals surface area contributed by atoms with E-state index in [0.29, 0.717) is 12.2 Å². The molecule has 0 bridgehead atoms. The highest BCUT2D eigenvalue weighted by Crippen LogP contribution is 2.12. The van der Waals surface area contributed by atoms with Crippen LogP contribution in [0.5, 0.6) is 0 Å². The summed E-state index contributed by atoms with van der Waals surface area (Å²) in [4.78, 5) is 0. The van der Waals surface area contributed by atoms with Crippen LogP contribution in [0.15, 0.2) is 30.5 Å². The normalized spacial score (nSPS) is 10.6. The van der Waals surface area contributed by atoms with Gasteiger partial charge in [-0.2, -0.15) is 0 Å². The molecular formula is C9H10F2N2. The highest BCUT2D eigenvalue weighted by molar-refractivity contribution is 5.43. The van der Waals surface area contributed by atoms with E-state index in [1.807, 2.05) is 0 Å². The average Bonchev–Trinajstić information content (AvgIpc) is 2.12. The Morgan fingerprint density at radius 1 is 1.31 bits per heavy atom. The van der Waals surface area contributed by atoms with Crippen molar-refractivity contribution < 1.29 is 8.78 Å². The summed E-state index contributed by atoms with van der Waals surface area (Å²) in [7, 11) is 0. The number of nitrogens with two attached hydrogens (primary N) is 1. The summed E-state index contributed by atoms with van der Waals surface area (Å²) < 4.78 is 25.1. The van der Waals surface area contributed by atoms with Crippen molar-refractivity contribution in [1.82, 2.24) is 0 Å². The maximum atomic E-state index is 12.6. The molecule has 0 amide bonds. The van der Waals surface area contributed by atoms with Crippen LogP contribution < -0.4 is 11.1 Å². The second-order valence-corrected chi connectivity index (χ2v) is 2.44. The summed E-state index contributed by atoms with van der Waals surface area (Å²) in [6.45, 7) is 0.488. The van der Waals surface area contributed by atoms with Crippen LogP contribution in [0.2, 0.25) is 0 Å². The number of nitrogens with one attached hydrogen (secondary N) is 1. The number of rotatable bonds is 3. The van der Waals surface area contributed by atoms with E-state index in [2.05, 4.69) is 5.32 Å². The summed E-state index contributed by atoms with van der Waals surface area (Å²) in [6, 6.07) is 3.63. The van der Waals surface area contributed by atoms with Crippen LogP contribution in [0.3, 0.4) is 0 Å². The van der Waals surface area contributed by atoms with Crippen LogP contribution in [0.1, 0.15) is 0 Å². The maximum Gasteiger partial charge on any atom is 0.160 e. The van der Waals surface area contributed by atoms with Gasteiger partial charge in [0.1, 0.15) is 0 Å². The first-order valence-electron chi connectivity index (χ1n) is 3.79. The van der Waals surface area contributed by atoms with E-state index in [9.17, 15) is 8.78 Å². The highest BCUT2D eigenvalue weighted by atomic mass is 19.2. The van der Waals surface area contributed by atoms with Gasteiger partial charge >= 0.3 is 0 Å². The van der Waals surface area contributed by atoms with Crippen molar-refractivity contribution >= 4 is 5.69 Å². The first kappa shape index (κ1) is 9.51. The van der Waals surface area contributed by atoms with Crippen molar-refractivity contribution in [1.29, 1.82) is 0 Å². The Hall–Kier alpha value is -1.58. The summed E-state index contributed by atoms with van der Waals surface area (Å²) in [6.07, 6.45) is 3.05. The van der Waals surface area contributed by atoms with Gasteiger partial charge < -0.3 is 11.1 Å². The molecule has 1 rings (SSSR count). The molecule has 1 aromatic rings. The van der Waals surface area contributed by atoms with E-state index in [1.165, 1.54) is 12.3 Å². The van der Waals surface area contributed by atoms with Gasteiger partial charge in [0, 0.05) is 18.3 Å². The Morgan fingerprint density at radius 2 is 2.08 bits per heavy atom. The van der Waals surface area contributed by atoms with Crippen molar-refractivity contribution in [2.24, 2.45) is 5.73 Å². The van der Waals surface area contributed by atoms with Crippen molar-refractivity contribution in [2.75, 3.05) is 11.9 Å². The zero-order valence-electron chi connectivity index (χ0n) is 6.93. The van der Waals surface area contributed by atoms with Crippen molar-refractivity contribution in [3.8, 4) is 0 Å². The van der Waals surface area contributed by atoms with Crippen LogP contribution in [0.4, 0.5) is 14.5 Å². The fourth-order valence-electron chi connectivity index (χ4n) is 0.851. The topological polar surface area (TPSA) is 38.0 Å². The molecule has 0 spiro atoms. The smallest absolute Gasteiger partial charge is 0.160 e. The Labute approximate surface area is 75.1 Å². The Morgan fingerprint density at radius 3 is 2.69 bits per heavy atom. The molecule has 70 valence electrons. The second kappa shape index (κ2) is 4.45. The Kier molecular flexibility index (Phi) is 3.25. The maximum absolute atomic E-state index is 12.6. The minimum atomic E-state index is -0.860. The van der Waals surface area contributed by atoms with Gasteiger partial charge in [0.2, 0.25) is 0 Å². The Balaban J connectivity index is 2.63. The first-order chi connectivity index (χ1) is 6.24. The first-order valence-corrected chi connectivity index (χ1v) is 3.79. The molecule has 0 saturated heterocycles. The fraction of sp³-hybridized carbons (Fsp3) is 0.111. The molecule has 0 aliphatic carbocycles. The SMILES string of the molecule is N/C=C\CNc1ccc(F)c(F)c1. The van der Waals surface area contributed by atoms with Crippen molar-refractivity contribution in [3.63, 3.8) is 0 Å². The highest BCUT2D eigenvalue weighted by Gasteiger charge is 2.00. The molecule has 0 aromatic heterocycles. The second-order valence-electron chi connectivity index (χ2n) is 2.44. The zero-order chi connectivity index (χ0) is 9.68. The average molecular weight is 184 g/mol. The number of halogens is 2. The van der Waals surface area contributed by atoms with Crippen LogP contribution >= 0.6 is 0 Å². The predicted molar refractivity (Wildman–Crippen MR) is 48.2 cm³/mol. The van der Waals surface area contributed by atoms with E-state index in [0.717, 1.165) is 12.1 Å². The molecular weight excluding hydrogens is 174 g/mol. The van der Waals surface area contributed by atoms with Crippen molar-refractivity contribution in [2.45, 2.75) is 0 Å². The lowest BCUT2D eigenvalue weighted by atomic mass is 10.3. The third-order valence-corrected chi connectivity index (χ3v) is 1.48. The standard InChI is InChI=1S/C9H10F2N2/c10-8-3-2-7(6-9(8)11)13-5-1-4-12/h1-4,6,13H,5,12H2/b4-1-. The number of hydrogen-bond donors (Lipinski definition) is 2. The van der Waals surface area contributed by atoms with Crippen LogP contribution in [-0.2, 0) is 0 Å². The molecule has 0 aliphatic heterocycles. The summed E-state index contributed by atoms with van der Waals surface area (Å²) in [5, 5.41) is 2.84. The lowest BCUT2D eigenvalue weighted by Gasteiger charge is -2.02. The van der Waals surface area contributed by atoms with Gasteiger partial charge in [-0.25, -0.2) is 8.78 Å². The van der Waals surface area contributed by atoms with Gasteiger partial charge in [-0.15, -0.1) is 0 Å². The predicted octanol–water partition coefficient (Wildman–Crippen LogP) is 1.85. The third kappa shape index (κ3) is 2.74. The van der Waals surface area contributed by atoms with E-state index >= 15 is 0 Å². The molecule has 0 radical (unpaired) electrons. The molecule has 0 heterocycles. The van der Waals surface area contributed by atoms with Gasteiger partial charge in [-0.3, -0.25) is 0 Å². The summed E-state index contributed by atoms with van der Waals surface area (Å²) >= 11 is 0. The minimum Gasteiger partial charge on any atom is -0.405 e. The molecule has 3 N–H and O–H groups in total. The van der Waals surface area contributed by atoms with Gasteiger partial charge in [-0.1, -0.05) is 0 Å². The minimum absolute atomic E-state index is 0.488. The fourth-order valence-corrected chi connectivity index (χ4v) is 0.851. The molecule has 1 aromatic carbocycles. The van der Waals surface area contributed by atoms with E-state index in [1.54, 1.807) is 6.08 Å². The number of anilines is 1. The number of hydrogen-bond acceptors (Lipinski definition) is 2. The quantitative estimate of drug-likeness (QED) is 0.752. The molecule has 0 unspecified atom stereocenters. The molecule has 0 saturated carbocycles. The van der Waals surface area contributed by atoms with Gasteiger partial charge in [0.25, 0.3) is 0 Å². The zero-order valence-corrected chi connectivity index (χ0v) is 6.93. The number of benzene rings is 1. The molecule has 4 heteroatoms. The molecule has 2 nitrogen and oxygen atoms in total. The van der Waals surface area contributed by atoms with Gasteiger partial charge in [-0.05, 0) is 24.4 Å². The van der Waals surface area contributed by atoms with E-state index in [4.69, 9.17) is 5.73 Å². The third-order valence-electron chi connectivity index (χ3n) is 1.48. The van der Waals surface area contributed by atoms with E-state index < -0.39 is 11.6 Å². The van der Waals surface area contributed by atoms with Gasteiger partial charge in [0.15, 0.2) is 11.6 Å². The van der Waals surface area contributed by atoms with Crippen molar-refractivity contribution in [3.05, 3.63) is 42.1 Å². The van der Waals surface area contributed by atoms with E-state index in [-0.39, 0.29) is 0 Å². The largest absolute Gasteiger partial charge is 0.405 e. The molecule has 0 atom stereocenters. The van der Waals surface area contributed by atoms with Gasteiger partial charge in [0.05, 0.1) is 0 Å².